The summed E-state index contributed by atoms with van der Waals surface area (Å²) < 4.78 is 2.06. The van der Waals surface area contributed by atoms with E-state index in [0.29, 0.717) is 43.2 Å². The van der Waals surface area contributed by atoms with Gasteiger partial charge in [0.15, 0.2) is 11.6 Å². The fourth-order valence-corrected chi connectivity index (χ4v) is 4.20. The molecule has 5 rings (SSSR count). The lowest BCUT2D eigenvalue weighted by molar-refractivity contribution is 0.930. The monoisotopic (exact) mass is 402 g/mol. The highest BCUT2D eigenvalue weighted by Crippen LogP contribution is 2.32. The molecule has 3 aromatic heterocycles. The summed E-state index contributed by atoms with van der Waals surface area (Å²) in [5, 5.41) is 0.894. The molecule has 0 spiro atoms. The van der Waals surface area contributed by atoms with Crippen LogP contribution >= 0.6 is 11.3 Å². The van der Waals surface area contributed by atoms with Gasteiger partial charge in [-0.05, 0) is 36.4 Å². The highest BCUT2D eigenvalue weighted by Gasteiger charge is 2.16. The Morgan fingerprint density at radius 2 is 1.07 bits per heavy atom. The Hall–Kier alpha value is -3.98. The van der Waals surface area contributed by atoms with Gasteiger partial charge in [-0.25, -0.2) is 19.3 Å². The third-order valence-corrected chi connectivity index (χ3v) is 5.74. The van der Waals surface area contributed by atoms with E-state index in [1.807, 2.05) is 12.1 Å². The number of fused-ring (bicyclic) bond motifs is 2. The van der Waals surface area contributed by atoms with E-state index >= 15 is 0 Å². The van der Waals surface area contributed by atoms with Crippen molar-refractivity contribution in [2.75, 3.05) is 11.7 Å². The average Bonchev–Trinajstić information content (AvgIpc) is 3.23. The number of benzene rings is 2. The van der Waals surface area contributed by atoms with Gasteiger partial charge in [0.2, 0.25) is 0 Å². The van der Waals surface area contributed by atoms with Crippen LogP contribution in [0.5, 0.6) is 0 Å². The van der Waals surface area contributed by atoms with E-state index in [2.05, 4.69) is 9.97 Å². The topological polar surface area (TPSA) is 122 Å². The number of nitrogens with zero attached hydrogens (tertiary/aromatic N) is 4. The lowest BCUT2D eigenvalue weighted by Gasteiger charge is -2.08. The van der Waals surface area contributed by atoms with Crippen LogP contribution in [-0.2, 0) is 0 Å². The number of thiophene rings is 1. The molecular formula is C20H14N6O2S. The predicted octanol–water partition coefficient (Wildman–Crippen LogP) is 1.93. The first-order chi connectivity index (χ1) is 14.0. The second-order valence-electron chi connectivity index (χ2n) is 6.42. The van der Waals surface area contributed by atoms with Gasteiger partial charge in [0, 0.05) is 0 Å². The Bertz CT molecular complexity index is 1420. The summed E-state index contributed by atoms with van der Waals surface area (Å²) in [6, 6.07) is 17.6. The number of hydrogen-bond donors (Lipinski definition) is 2. The molecule has 2 aromatic carbocycles. The van der Waals surface area contributed by atoms with Gasteiger partial charge in [-0.1, -0.05) is 24.3 Å². The second kappa shape index (κ2) is 6.28. The van der Waals surface area contributed by atoms with Crippen molar-refractivity contribution in [3.63, 3.8) is 0 Å². The third kappa shape index (κ3) is 2.59. The molecular weight excluding hydrogens is 388 g/mol. The van der Waals surface area contributed by atoms with Crippen LogP contribution in [0.15, 0.2) is 70.3 Å². The first-order valence-corrected chi connectivity index (χ1v) is 9.50. The van der Waals surface area contributed by atoms with E-state index in [4.69, 9.17) is 11.7 Å². The standard InChI is InChI=1S/C20H14N6O2S/c21-25-17(23-13-7-3-1-5-11(13)19(25)27)15-9-10-16(29-15)18-24-14-8-4-2-6-12(14)20(28)26(18)22/h1-10H,21-22H2. The van der Waals surface area contributed by atoms with Gasteiger partial charge < -0.3 is 11.7 Å². The smallest absolute Gasteiger partial charge is 0.280 e. The summed E-state index contributed by atoms with van der Waals surface area (Å²) in [5.41, 5.74) is 0.452. The molecule has 9 heteroatoms. The van der Waals surface area contributed by atoms with E-state index in [-0.39, 0.29) is 11.1 Å². The molecule has 0 aliphatic heterocycles. The Morgan fingerprint density at radius 3 is 1.52 bits per heavy atom. The van der Waals surface area contributed by atoms with Crippen molar-refractivity contribution < 1.29 is 0 Å². The van der Waals surface area contributed by atoms with Crippen molar-refractivity contribution >= 4 is 33.1 Å². The van der Waals surface area contributed by atoms with Crippen molar-refractivity contribution in [2.45, 2.75) is 0 Å². The van der Waals surface area contributed by atoms with Crippen LogP contribution in [-0.4, -0.2) is 19.3 Å². The average molecular weight is 402 g/mol. The molecule has 5 aromatic rings. The summed E-state index contributed by atoms with van der Waals surface area (Å²) in [6.07, 6.45) is 0. The van der Waals surface area contributed by atoms with Gasteiger partial charge in [-0.15, -0.1) is 11.3 Å². The third-order valence-electron chi connectivity index (χ3n) is 4.66. The van der Waals surface area contributed by atoms with Crippen molar-refractivity contribution in [1.29, 1.82) is 0 Å². The zero-order chi connectivity index (χ0) is 20.1. The fraction of sp³-hybridized carbons (Fsp3) is 0. The molecule has 142 valence electrons. The predicted molar refractivity (Wildman–Crippen MR) is 115 cm³/mol. The van der Waals surface area contributed by atoms with Crippen molar-refractivity contribution in [1.82, 2.24) is 19.3 Å². The lowest BCUT2D eigenvalue weighted by Crippen LogP contribution is -2.29. The number of hydrogen-bond acceptors (Lipinski definition) is 7. The van der Waals surface area contributed by atoms with Gasteiger partial charge in [0.25, 0.3) is 11.1 Å². The van der Waals surface area contributed by atoms with E-state index in [1.165, 1.54) is 11.3 Å². The SMILES string of the molecule is Nn1c(-c2ccc(-c3nc4ccccc4c(=O)n3N)s2)nc2ccccc2c1=O. The van der Waals surface area contributed by atoms with Crippen LogP contribution in [0.4, 0.5) is 0 Å². The van der Waals surface area contributed by atoms with Crippen LogP contribution < -0.4 is 22.8 Å². The number of aromatic nitrogens is 4. The Kier molecular flexibility index (Phi) is 3.71. The zero-order valence-electron chi connectivity index (χ0n) is 14.9. The molecule has 4 N–H and O–H groups in total. The minimum atomic E-state index is -0.333. The van der Waals surface area contributed by atoms with Crippen LogP contribution in [0.2, 0.25) is 0 Å². The quantitative estimate of drug-likeness (QED) is 0.435. The van der Waals surface area contributed by atoms with Gasteiger partial charge in [-0.2, -0.15) is 0 Å². The van der Waals surface area contributed by atoms with Crippen molar-refractivity contribution in [2.24, 2.45) is 0 Å². The Labute approximate surface area is 167 Å². The molecule has 0 bridgehead atoms. The Balaban J connectivity index is 1.70. The molecule has 0 amide bonds. The number of nitrogens with two attached hydrogens (primary N) is 2. The largest absolute Gasteiger partial charge is 0.334 e. The maximum Gasteiger partial charge on any atom is 0.280 e. The number of nitrogen functional groups attached to an aromatic ring is 2. The van der Waals surface area contributed by atoms with Gasteiger partial charge >= 0.3 is 0 Å². The maximum atomic E-state index is 12.6. The van der Waals surface area contributed by atoms with Crippen LogP contribution in [0, 0.1) is 0 Å². The molecule has 0 unspecified atom stereocenters. The first kappa shape index (κ1) is 17.1. The van der Waals surface area contributed by atoms with Gasteiger partial charge in [-0.3, -0.25) is 9.59 Å². The Morgan fingerprint density at radius 1 is 0.655 bits per heavy atom. The van der Waals surface area contributed by atoms with Gasteiger partial charge in [0.05, 0.1) is 31.6 Å². The normalized spacial score (nSPS) is 11.3. The molecule has 0 radical (unpaired) electrons. The minimum absolute atomic E-state index is 0.330. The summed E-state index contributed by atoms with van der Waals surface area (Å²) in [5.74, 6) is 12.7. The van der Waals surface area contributed by atoms with Crippen molar-refractivity contribution in [3.05, 3.63) is 81.4 Å². The van der Waals surface area contributed by atoms with Crippen LogP contribution in [0.3, 0.4) is 0 Å². The molecule has 0 aliphatic rings. The van der Waals surface area contributed by atoms with Gasteiger partial charge in [0.1, 0.15) is 0 Å². The number of rotatable bonds is 2. The summed E-state index contributed by atoms with van der Waals surface area (Å²) >= 11 is 1.30. The summed E-state index contributed by atoms with van der Waals surface area (Å²) in [6.45, 7) is 0. The van der Waals surface area contributed by atoms with E-state index in [9.17, 15) is 9.59 Å². The van der Waals surface area contributed by atoms with E-state index in [0.717, 1.165) is 9.35 Å². The molecule has 0 aliphatic carbocycles. The highest BCUT2D eigenvalue weighted by molar-refractivity contribution is 7.18. The summed E-state index contributed by atoms with van der Waals surface area (Å²) in [4.78, 5) is 35.5. The molecule has 0 saturated carbocycles. The molecule has 0 atom stereocenters. The minimum Gasteiger partial charge on any atom is -0.334 e. The first-order valence-electron chi connectivity index (χ1n) is 8.69. The highest BCUT2D eigenvalue weighted by atomic mass is 32.1. The molecule has 8 nitrogen and oxygen atoms in total. The fourth-order valence-electron chi connectivity index (χ4n) is 3.22. The zero-order valence-corrected chi connectivity index (χ0v) is 15.8. The van der Waals surface area contributed by atoms with Crippen LogP contribution in [0.1, 0.15) is 0 Å². The molecule has 0 fully saturated rings. The summed E-state index contributed by atoms with van der Waals surface area (Å²) in [7, 11) is 0. The van der Waals surface area contributed by atoms with Crippen LogP contribution in [0.25, 0.3) is 43.2 Å². The molecule has 3 heterocycles. The maximum absolute atomic E-state index is 12.6. The second-order valence-corrected chi connectivity index (χ2v) is 7.50. The van der Waals surface area contributed by atoms with Crippen molar-refractivity contribution in [3.8, 4) is 21.4 Å². The molecule has 29 heavy (non-hydrogen) atoms. The van der Waals surface area contributed by atoms with E-state index < -0.39 is 0 Å². The molecule has 0 saturated heterocycles. The number of para-hydroxylation sites is 2. The lowest BCUT2D eigenvalue weighted by atomic mass is 10.2. The van der Waals surface area contributed by atoms with E-state index in [1.54, 1.807) is 48.5 Å².